The topological polar surface area (TPSA) is 78.9 Å². The van der Waals surface area contributed by atoms with Gasteiger partial charge in [0.15, 0.2) is 6.10 Å². The lowest BCUT2D eigenvalue weighted by Crippen LogP contribution is -2.30. The zero-order chi connectivity index (χ0) is 47.9. The van der Waals surface area contributed by atoms with Crippen LogP contribution in [0.15, 0.2) is 36.5 Å². The standard InChI is InChI=1S/C60H110O6/c1-4-7-10-13-15-17-19-21-22-23-24-25-26-27-28-29-30-31-32-33-34-35-36-37-38-39-41-42-44-47-50-53-59(62)65-56-57(55-64-58(61)52-49-46-12-9-6-3)66-60(63)54-51-48-45-43-40-20-18-16-14-11-8-5-2/h16,18-19,21,23-24,57H,4-15,17,20,22,25-56H2,1-3H3/b18-16-,21-19-,24-23-. The van der Waals surface area contributed by atoms with Crippen molar-refractivity contribution in [1.82, 2.24) is 0 Å². The van der Waals surface area contributed by atoms with E-state index in [0.717, 1.165) is 77.0 Å². The summed E-state index contributed by atoms with van der Waals surface area (Å²) in [5.41, 5.74) is 0. The van der Waals surface area contributed by atoms with Crippen LogP contribution in [-0.4, -0.2) is 37.2 Å². The fourth-order valence-corrected chi connectivity index (χ4v) is 8.47. The van der Waals surface area contributed by atoms with E-state index in [2.05, 4.69) is 57.2 Å². The zero-order valence-corrected chi connectivity index (χ0v) is 44.2. The monoisotopic (exact) mass is 927 g/mol. The van der Waals surface area contributed by atoms with Crippen LogP contribution in [0.1, 0.15) is 310 Å². The molecule has 0 radical (unpaired) electrons. The van der Waals surface area contributed by atoms with E-state index in [1.165, 1.54) is 193 Å². The lowest BCUT2D eigenvalue weighted by atomic mass is 10.0. The van der Waals surface area contributed by atoms with Gasteiger partial charge < -0.3 is 14.2 Å². The first kappa shape index (κ1) is 63.6. The number of hydrogen-bond acceptors (Lipinski definition) is 6. The summed E-state index contributed by atoms with van der Waals surface area (Å²) in [4.78, 5) is 37.7. The van der Waals surface area contributed by atoms with E-state index in [1.807, 2.05) is 0 Å². The van der Waals surface area contributed by atoms with Crippen LogP contribution in [0.4, 0.5) is 0 Å². The highest BCUT2D eigenvalue weighted by Gasteiger charge is 2.19. The summed E-state index contributed by atoms with van der Waals surface area (Å²) in [6.07, 6.45) is 66.3. The van der Waals surface area contributed by atoms with Gasteiger partial charge in [-0.25, -0.2) is 0 Å². The number of esters is 3. The molecule has 0 bridgehead atoms. The highest BCUT2D eigenvalue weighted by atomic mass is 16.6. The van der Waals surface area contributed by atoms with Gasteiger partial charge >= 0.3 is 17.9 Å². The molecule has 6 heteroatoms. The maximum atomic E-state index is 12.7. The third-order valence-corrected chi connectivity index (χ3v) is 12.9. The number of allylic oxidation sites excluding steroid dienone is 6. The molecule has 1 unspecified atom stereocenters. The molecule has 0 aliphatic carbocycles. The highest BCUT2D eigenvalue weighted by molar-refractivity contribution is 5.71. The first-order valence-electron chi connectivity index (χ1n) is 29.0. The first-order valence-corrected chi connectivity index (χ1v) is 29.0. The number of carbonyl (C=O) groups excluding carboxylic acids is 3. The van der Waals surface area contributed by atoms with Crippen LogP contribution in [0.2, 0.25) is 0 Å². The molecule has 0 fully saturated rings. The molecule has 0 saturated heterocycles. The molecule has 0 aromatic heterocycles. The largest absolute Gasteiger partial charge is 0.462 e. The second kappa shape index (κ2) is 55.2. The summed E-state index contributed by atoms with van der Waals surface area (Å²) in [5, 5.41) is 0. The third kappa shape index (κ3) is 52.6. The van der Waals surface area contributed by atoms with Gasteiger partial charge in [0.05, 0.1) is 0 Å². The number of rotatable bonds is 53. The average molecular weight is 928 g/mol. The van der Waals surface area contributed by atoms with Crippen molar-refractivity contribution in [2.45, 2.75) is 316 Å². The Labute approximate surface area is 410 Å². The fraction of sp³-hybridized carbons (Fsp3) is 0.850. The van der Waals surface area contributed by atoms with Crippen molar-refractivity contribution in [2.24, 2.45) is 0 Å². The van der Waals surface area contributed by atoms with Crippen molar-refractivity contribution in [3.63, 3.8) is 0 Å². The van der Waals surface area contributed by atoms with Crippen LogP contribution >= 0.6 is 0 Å². The number of ether oxygens (including phenoxy) is 3. The minimum atomic E-state index is -0.768. The van der Waals surface area contributed by atoms with Gasteiger partial charge in [-0.05, 0) is 77.0 Å². The zero-order valence-electron chi connectivity index (χ0n) is 44.2. The molecule has 386 valence electrons. The molecule has 0 spiro atoms. The molecule has 0 N–H and O–H groups in total. The summed E-state index contributed by atoms with van der Waals surface area (Å²) in [5.74, 6) is -0.884. The van der Waals surface area contributed by atoms with Gasteiger partial charge in [0.25, 0.3) is 0 Å². The minimum absolute atomic E-state index is 0.0723. The lowest BCUT2D eigenvalue weighted by Gasteiger charge is -2.18. The first-order chi connectivity index (χ1) is 32.5. The molecule has 0 aromatic rings. The molecular formula is C60H110O6. The van der Waals surface area contributed by atoms with Gasteiger partial charge in [-0.2, -0.15) is 0 Å². The molecule has 0 amide bonds. The number of hydrogen-bond donors (Lipinski definition) is 0. The third-order valence-electron chi connectivity index (χ3n) is 12.9. The van der Waals surface area contributed by atoms with Crippen molar-refractivity contribution >= 4 is 17.9 Å². The molecule has 0 aromatic carbocycles. The van der Waals surface area contributed by atoms with E-state index < -0.39 is 6.10 Å². The number of carbonyl (C=O) groups is 3. The molecular weight excluding hydrogens is 817 g/mol. The Morgan fingerprint density at radius 3 is 0.879 bits per heavy atom. The van der Waals surface area contributed by atoms with Gasteiger partial charge in [0.1, 0.15) is 13.2 Å². The second-order valence-corrected chi connectivity index (χ2v) is 19.6. The van der Waals surface area contributed by atoms with E-state index in [4.69, 9.17) is 14.2 Å². The molecule has 1 atom stereocenters. The van der Waals surface area contributed by atoms with Crippen molar-refractivity contribution in [3.8, 4) is 0 Å². The Morgan fingerprint density at radius 1 is 0.303 bits per heavy atom. The summed E-state index contributed by atoms with van der Waals surface area (Å²) in [6.45, 7) is 6.54. The smallest absolute Gasteiger partial charge is 0.306 e. The van der Waals surface area contributed by atoms with E-state index in [0.29, 0.717) is 19.3 Å². The summed E-state index contributed by atoms with van der Waals surface area (Å²) in [7, 11) is 0. The van der Waals surface area contributed by atoms with Crippen LogP contribution < -0.4 is 0 Å². The second-order valence-electron chi connectivity index (χ2n) is 19.6. The highest BCUT2D eigenvalue weighted by Crippen LogP contribution is 2.17. The normalized spacial score (nSPS) is 12.2. The maximum Gasteiger partial charge on any atom is 0.306 e. The van der Waals surface area contributed by atoms with Crippen LogP contribution in [0.3, 0.4) is 0 Å². The molecule has 66 heavy (non-hydrogen) atoms. The van der Waals surface area contributed by atoms with Gasteiger partial charge in [-0.1, -0.05) is 250 Å². The van der Waals surface area contributed by atoms with Crippen molar-refractivity contribution in [3.05, 3.63) is 36.5 Å². The average Bonchev–Trinajstić information content (AvgIpc) is 3.31. The lowest BCUT2D eigenvalue weighted by molar-refractivity contribution is -0.167. The van der Waals surface area contributed by atoms with Crippen LogP contribution in [0.5, 0.6) is 0 Å². The van der Waals surface area contributed by atoms with Gasteiger partial charge in [0.2, 0.25) is 0 Å². The Hall–Kier alpha value is -2.37. The van der Waals surface area contributed by atoms with Crippen molar-refractivity contribution in [1.29, 1.82) is 0 Å². The molecule has 6 nitrogen and oxygen atoms in total. The molecule has 0 rings (SSSR count). The predicted octanol–water partition coefficient (Wildman–Crippen LogP) is 19.3. The van der Waals surface area contributed by atoms with Gasteiger partial charge in [-0.15, -0.1) is 0 Å². The van der Waals surface area contributed by atoms with Crippen molar-refractivity contribution < 1.29 is 28.6 Å². The van der Waals surface area contributed by atoms with E-state index in [1.54, 1.807) is 0 Å². The Balaban J connectivity index is 3.89. The van der Waals surface area contributed by atoms with Crippen LogP contribution in [0.25, 0.3) is 0 Å². The molecule has 0 heterocycles. The SMILES string of the molecule is CCCCC/C=C\CCCCCCCC(=O)OC(COC(=O)CCCCCCC)COC(=O)CCCCCCCCCCCCCCCCCCCCC/C=C\C/C=C\CCCCCCC. The summed E-state index contributed by atoms with van der Waals surface area (Å²) in [6, 6.07) is 0. The molecule has 0 aliphatic rings. The molecule has 0 saturated carbocycles. The minimum Gasteiger partial charge on any atom is -0.462 e. The van der Waals surface area contributed by atoms with Crippen molar-refractivity contribution in [2.75, 3.05) is 13.2 Å². The summed E-state index contributed by atoms with van der Waals surface area (Å²) < 4.78 is 16.7. The van der Waals surface area contributed by atoms with Crippen LogP contribution in [-0.2, 0) is 28.6 Å². The van der Waals surface area contributed by atoms with Crippen LogP contribution in [0, 0.1) is 0 Å². The fourth-order valence-electron chi connectivity index (χ4n) is 8.47. The maximum absolute atomic E-state index is 12.7. The van der Waals surface area contributed by atoms with E-state index >= 15 is 0 Å². The quantitative estimate of drug-likeness (QED) is 0.0262. The van der Waals surface area contributed by atoms with E-state index in [9.17, 15) is 14.4 Å². The van der Waals surface area contributed by atoms with Gasteiger partial charge in [-0.3, -0.25) is 14.4 Å². The Bertz CT molecular complexity index is 1110. The summed E-state index contributed by atoms with van der Waals surface area (Å²) >= 11 is 0. The predicted molar refractivity (Wildman–Crippen MR) is 284 cm³/mol. The van der Waals surface area contributed by atoms with Gasteiger partial charge in [0, 0.05) is 19.3 Å². The Kier molecular flexibility index (Phi) is 53.2. The number of unbranched alkanes of at least 4 members (excludes halogenated alkanes) is 36. The molecule has 0 aliphatic heterocycles. The van der Waals surface area contributed by atoms with E-state index in [-0.39, 0.29) is 31.1 Å². The Morgan fingerprint density at radius 2 is 0.545 bits per heavy atom.